The lowest BCUT2D eigenvalue weighted by molar-refractivity contribution is 1.18. The minimum atomic E-state index is -2.86. The lowest BCUT2D eigenvalue weighted by atomic mass is 10.00. The van der Waals surface area contributed by atoms with Gasteiger partial charge < -0.3 is 4.57 Å². The lowest BCUT2D eigenvalue weighted by Crippen LogP contribution is -2.73. The highest BCUT2D eigenvalue weighted by Crippen LogP contribution is 2.44. The zero-order chi connectivity index (χ0) is 37.5. The highest BCUT2D eigenvalue weighted by molar-refractivity contribution is 7.26. The van der Waals surface area contributed by atoms with Crippen LogP contribution in [0.5, 0.6) is 0 Å². The molecule has 0 radical (unpaired) electrons. The number of rotatable bonds is 5. The minimum Gasteiger partial charge on any atom is -0.309 e. The number of hydrogen-bond acceptors (Lipinski definition) is 3. The molecule has 1 aliphatic heterocycles. The van der Waals surface area contributed by atoms with Crippen LogP contribution in [0, 0.1) is 0 Å². The normalized spacial score (nSPS) is 13.1. The van der Waals surface area contributed by atoms with Crippen LogP contribution >= 0.6 is 11.3 Å². The van der Waals surface area contributed by atoms with Gasteiger partial charge in [-0.3, -0.25) is 0 Å². The summed E-state index contributed by atoms with van der Waals surface area (Å²) < 4.78 is 5.07. The van der Waals surface area contributed by atoms with Crippen LogP contribution in [0.2, 0.25) is 0 Å². The fraction of sp³-hybridized carbons (Fsp3) is 0. The Hall–Kier alpha value is -6.92. The third kappa shape index (κ3) is 4.64. The highest BCUT2D eigenvalue weighted by atomic mass is 32.1. The van der Waals surface area contributed by atoms with Crippen molar-refractivity contribution < 1.29 is 0 Å². The van der Waals surface area contributed by atoms with Crippen molar-refractivity contribution in [3.63, 3.8) is 0 Å². The maximum Gasteiger partial charge on any atom is 0.203 e. The largest absolute Gasteiger partial charge is 0.309 e. The Morgan fingerprint density at radius 3 is 1.82 bits per heavy atom. The Balaban J connectivity index is 1.12. The molecule has 57 heavy (non-hydrogen) atoms. The molecule has 0 amide bonds. The van der Waals surface area contributed by atoms with E-state index in [1.165, 1.54) is 63.1 Å². The van der Waals surface area contributed by atoms with E-state index in [-0.39, 0.29) is 0 Å². The van der Waals surface area contributed by atoms with Crippen molar-refractivity contribution in [3.05, 3.63) is 200 Å². The van der Waals surface area contributed by atoms with Gasteiger partial charge in [-0.2, -0.15) is 0 Å². The minimum absolute atomic E-state index is 0.749. The van der Waals surface area contributed by atoms with Gasteiger partial charge in [-0.15, -0.1) is 11.3 Å². The fourth-order valence-corrected chi connectivity index (χ4v) is 15.6. The second-order valence-electron chi connectivity index (χ2n) is 14.8. The van der Waals surface area contributed by atoms with Crippen LogP contribution in [0.25, 0.3) is 81.4 Å². The third-order valence-corrected chi connectivity index (χ3v) is 17.7. The van der Waals surface area contributed by atoms with Crippen molar-refractivity contribution in [3.8, 4) is 39.5 Å². The molecule has 0 bridgehead atoms. The molecular weight excluding hydrogens is 727 g/mol. The van der Waals surface area contributed by atoms with E-state index in [1.54, 1.807) is 0 Å². The fourth-order valence-electron chi connectivity index (χ4n) is 9.52. The van der Waals surface area contributed by atoms with Gasteiger partial charge in [0.2, 0.25) is 8.07 Å². The van der Waals surface area contributed by atoms with Crippen LogP contribution in [0.15, 0.2) is 200 Å². The van der Waals surface area contributed by atoms with Crippen LogP contribution in [0.4, 0.5) is 0 Å². The van der Waals surface area contributed by atoms with Crippen molar-refractivity contribution >= 4 is 82.3 Å². The van der Waals surface area contributed by atoms with E-state index in [2.05, 4.69) is 205 Å². The Morgan fingerprint density at radius 1 is 0.439 bits per heavy atom. The first-order chi connectivity index (χ1) is 28.3. The molecule has 11 aromatic rings. The van der Waals surface area contributed by atoms with E-state index >= 15 is 0 Å². The van der Waals surface area contributed by atoms with Crippen LogP contribution in [0.1, 0.15) is 0 Å². The monoisotopic (exact) mass is 759 g/mol. The third-order valence-electron chi connectivity index (χ3n) is 11.9. The van der Waals surface area contributed by atoms with Crippen LogP contribution < -0.4 is 20.9 Å². The van der Waals surface area contributed by atoms with Crippen molar-refractivity contribution in [2.75, 3.05) is 0 Å². The van der Waals surface area contributed by atoms with Gasteiger partial charge in [0, 0.05) is 53.3 Å². The summed E-state index contributed by atoms with van der Waals surface area (Å²) in [5, 5.41) is 10.4. The van der Waals surface area contributed by atoms with Gasteiger partial charge in [0.15, 0.2) is 5.82 Å². The maximum atomic E-state index is 5.65. The number of nitrogens with zero attached hydrogens (tertiary/aromatic N) is 3. The van der Waals surface area contributed by atoms with Crippen molar-refractivity contribution in [1.29, 1.82) is 0 Å². The zero-order valence-corrected chi connectivity index (χ0v) is 32.6. The Labute approximate surface area is 334 Å². The van der Waals surface area contributed by atoms with Crippen LogP contribution in [-0.4, -0.2) is 22.6 Å². The molecule has 4 heterocycles. The van der Waals surface area contributed by atoms with Gasteiger partial charge in [-0.05, 0) is 57.5 Å². The lowest BCUT2D eigenvalue weighted by Gasteiger charge is -2.30. The highest BCUT2D eigenvalue weighted by Gasteiger charge is 2.51. The summed E-state index contributed by atoms with van der Waals surface area (Å²) in [6, 6.07) is 72.9. The van der Waals surface area contributed by atoms with Gasteiger partial charge in [-0.1, -0.05) is 164 Å². The Morgan fingerprint density at radius 2 is 1.07 bits per heavy atom. The number of para-hydroxylation sites is 1. The van der Waals surface area contributed by atoms with Gasteiger partial charge in [0.05, 0.1) is 22.0 Å². The molecule has 8 aromatic carbocycles. The molecule has 0 atom stereocenters. The number of fused-ring (bicyclic) bond motifs is 10. The predicted molar refractivity (Wildman–Crippen MR) is 243 cm³/mol. The van der Waals surface area contributed by atoms with Crippen molar-refractivity contribution in [2.45, 2.75) is 0 Å². The molecule has 0 N–H and O–H groups in total. The van der Waals surface area contributed by atoms with Crippen molar-refractivity contribution in [1.82, 2.24) is 14.5 Å². The molecule has 12 rings (SSSR count). The summed E-state index contributed by atoms with van der Waals surface area (Å²) in [5.74, 6) is 0.749. The standard InChI is InChI=1S/C52H33N3SSi/c1-4-16-35(17-5-1)51-53-50(49-41-24-12-15-27-46(41)57(52(49)54-51,37-18-6-2-7-19-37)38-20-8-3-9-21-38)34-28-30-36(31-29-34)55-42-25-13-10-22-39(42)47-43(55)32-33-45-48(47)40-23-11-14-26-44(40)56-45/h1-33H. The molecule has 0 aliphatic carbocycles. The van der Waals surface area contributed by atoms with Crippen LogP contribution in [0.3, 0.4) is 0 Å². The van der Waals surface area contributed by atoms with Crippen molar-refractivity contribution in [2.24, 2.45) is 0 Å². The second-order valence-corrected chi connectivity index (χ2v) is 19.6. The topological polar surface area (TPSA) is 30.7 Å². The molecule has 0 unspecified atom stereocenters. The SMILES string of the molecule is c1ccc(-c2nc(-c3ccc(-n4c5ccccc5c5c6c(ccc54)sc4ccccc46)cc3)c3c(n2)[Si](c2ccccc2)(c2ccccc2)c2ccccc2-3)cc1. The van der Waals surface area contributed by atoms with Crippen LogP contribution in [-0.2, 0) is 0 Å². The summed E-state index contributed by atoms with van der Waals surface area (Å²) in [7, 11) is -2.86. The second kappa shape index (κ2) is 12.5. The summed E-state index contributed by atoms with van der Waals surface area (Å²) in [5.41, 5.74) is 8.94. The number of aromatic nitrogens is 3. The maximum absolute atomic E-state index is 5.65. The smallest absolute Gasteiger partial charge is 0.203 e. The molecule has 0 spiro atoms. The zero-order valence-electron chi connectivity index (χ0n) is 30.8. The Bertz CT molecular complexity index is 3300. The van der Waals surface area contributed by atoms with E-state index in [1.807, 2.05) is 11.3 Å². The predicted octanol–water partition coefficient (Wildman–Crippen LogP) is 10.6. The molecule has 266 valence electrons. The molecule has 3 aromatic heterocycles. The number of hydrogen-bond donors (Lipinski definition) is 0. The molecular formula is C52H33N3SSi. The van der Waals surface area contributed by atoms with Gasteiger partial charge in [0.1, 0.15) is 0 Å². The number of thiophene rings is 1. The Kier molecular flexibility index (Phi) is 7.12. The molecule has 0 fully saturated rings. The average molecular weight is 760 g/mol. The molecule has 5 heteroatoms. The molecule has 0 saturated heterocycles. The summed E-state index contributed by atoms with van der Waals surface area (Å²) in [6.07, 6.45) is 0. The number of benzene rings is 8. The summed E-state index contributed by atoms with van der Waals surface area (Å²) >= 11 is 1.87. The first-order valence-electron chi connectivity index (χ1n) is 19.4. The average Bonchev–Trinajstić information content (AvgIpc) is 3.93. The van der Waals surface area contributed by atoms with E-state index in [4.69, 9.17) is 9.97 Å². The van der Waals surface area contributed by atoms with Gasteiger partial charge in [-0.25, -0.2) is 9.97 Å². The molecule has 3 nitrogen and oxygen atoms in total. The van der Waals surface area contributed by atoms with Gasteiger partial charge >= 0.3 is 0 Å². The van der Waals surface area contributed by atoms with E-state index < -0.39 is 8.07 Å². The quantitative estimate of drug-likeness (QED) is 0.164. The summed E-state index contributed by atoms with van der Waals surface area (Å²) in [4.78, 5) is 11.1. The first kappa shape index (κ1) is 32.3. The van der Waals surface area contributed by atoms with E-state index in [0.717, 1.165) is 39.2 Å². The van der Waals surface area contributed by atoms with E-state index in [9.17, 15) is 0 Å². The molecule has 1 aliphatic rings. The summed E-state index contributed by atoms with van der Waals surface area (Å²) in [6.45, 7) is 0. The van der Waals surface area contributed by atoms with E-state index in [0.29, 0.717) is 0 Å². The van der Waals surface area contributed by atoms with Gasteiger partial charge in [0.25, 0.3) is 0 Å². The molecule has 0 saturated carbocycles. The first-order valence-corrected chi connectivity index (χ1v) is 22.2.